The van der Waals surface area contributed by atoms with Crippen LogP contribution in [0.5, 0.6) is 5.75 Å². The maximum absolute atomic E-state index is 13.7. The van der Waals surface area contributed by atoms with E-state index in [0.29, 0.717) is 57.9 Å². The summed E-state index contributed by atoms with van der Waals surface area (Å²) in [6, 6.07) is 13.5. The second-order valence-electron chi connectivity index (χ2n) is 9.89. The number of nitrogens with zero attached hydrogens (tertiary/aromatic N) is 2. The molecule has 0 amide bonds. The Bertz CT molecular complexity index is 1340. The molecule has 6 rings (SSSR count). The van der Waals surface area contributed by atoms with E-state index in [1.807, 2.05) is 31.2 Å². The minimum atomic E-state index is -0.775. The summed E-state index contributed by atoms with van der Waals surface area (Å²) < 4.78 is 6.26. The summed E-state index contributed by atoms with van der Waals surface area (Å²) in [5.41, 5.74) is 4.31. The molecule has 1 fully saturated rings. The predicted octanol–water partition coefficient (Wildman–Crippen LogP) is 4.77. The lowest BCUT2D eigenvalue weighted by atomic mass is 9.72. The van der Waals surface area contributed by atoms with Crippen LogP contribution in [0.3, 0.4) is 0 Å². The fourth-order valence-electron chi connectivity index (χ4n) is 5.64. The summed E-state index contributed by atoms with van der Waals surface area (Å²) in [6.45, 7) is 6.95. The molecule has 2 aromatic carbocycles. The van der Waals surface area contributed by atoms with Crippen LogP contribution < -0.4 is 10.1 Å². The highest BCUT2D eigenvalue weighted by Crippen LogP contribution is 2.43. The standard InChI is InChI=1S/C29H29N3O3/c1-17-10-11-21-23(15-17)35-24-16-22(30-12-14-32-13-6-5-7-18(32)2)25-26(27(24)31-21)29(34)20-9-4-3-8-19(20)28(25)33/h3-4,8-11,15-16,18,26,30H,5-7,12-14H2,1-2H3/t18-,26?/m1/s1. The van der Waals surface area contributed by atoms with Gasteiger partial charge in [-0.15, -0.1) is 0 Å². The Morgan fingerprint density at radius 2 is 1.94 bits per heavy atom. The number of nitrogens with one attached hydrogen (secondary N) is 1. The number of fused-ring (bicyclic) bond motifs is 5. The van der Waals surface area contributed by atoms with Gasteiger partial charge in [0.25, 0.3) is 0 Å². The lowest BCUT2D eigenvalue weighted by molar-refractivity contribution is 0.0908. The number of Topliss-reactive ketones (excluding diaryl/α,β-unsaturated/α-hetero) is 2. The lowest BCUT2D eigenvalue weighted by Crippen LogP contribution is -2.44. The van der Waals surface area contributed by atoms with Crippen molar-refractivity contribution in [3.63, 3.8) is 0 Å². The van der Waals surface area contributed by atoms with Gasteiger partial charge >= 0.3 is 0 Å². The summed E-state index contributed by atoms with van der Waals surface area (Å²) in [5, 5.41) is 3.49. The van der Waals surface area contributed by atoms with Gasteiger partial charge in [0.05, 0.1) is 11.6 Å². The number of benzene rings is 2. The van der Waals surface area contributed by atoms with Crippen molar-refractivity contribution < 1.29 is 14.3 Å². The monoisotopic (exact) mass is 467 g/mol. The van der Waals surface area contributed by atoms with Crippen molar-refractivity contribution >= 4 is 23.0 Å². The number of aryl methyl sites for hydroxylation is 1. The Morgan fingerprint density at radius 1 is 1.11 bits per heavy atom. The van der Waals surface area contributed by atoms with Gasteiger partial charge in [0.2, 0.25) is 0 Å². The number of ether oxygens (including phenoxy) is 1. The van der Waals surface area contributed by atoms with E-state index in [1.165, 1.54) is 19.3 Å². The van der Waals surface area contributed by atoms with Crippen LogP contribution in [0.2, 0.25) is 0 Å². The largest absolute Gasteiger partial charge is 0.453 e. The summed E-state index contributed by atoms with van der Waals surface area (Å²) in [6.07, 6.45) is 5.58. The number of likely N-dealkylation sites (tertiary alicyclic amines) is 1. The van der Waals surface area contributed by atoms with E-state index in [1.54, 1.807) is 24.3 Å². The number of rotatable bonds is 4. The Balaban J connectivity index is 1.40. The highest BCUT2D eigenvalue weighted by Gasteiger charge is 2.46. The van der Waals surface area contributed by atoms with E-state index in [9.17, 15) is 9.59 Å². The third-order valence-corrected chi connectivity index (χ3v) is 7.56. The molecule has 2 atom stereocenters. The molecule has 35 heavy (non-hydrogen) atoms. The zero-order chi connectivity index (χ0) is 24.1. The topological polar surface area (TPSA) is 71.0 Å². The van der Waals surface area contributed by atoms with Crippen molar-refractivity contribution in [1.82, 2.24) is 10.2 Å². The molecule has 1 saturated heterocycles. The number of ketones is 2. The van der Waals surface area contributed by atoms with Gasteiger partial charge in [-0.3, -0.25) is 14.5 Å². The zero-order valence-electron chi connectivity index (χ0n) is 20.1. The molecule has 2 aromatic rings. The molecule has 0 aromatic heterocycles. The van der Waals surface area contributed by atoms with Crippen molar-refractivity contribution in [3.8, 4) is 5.75 Å². The fourth-order valence-corrected chi connectivity index (χ4v) is 5.64. The van der Waals surface area contributed by atoms with Gasteiger partial charge in [-0.05, 0) is 50.9 Å². The van der Waals surface area contributed by atoms with Crippen LogP contribution in [-0.4, -0.2) is 47.9 Å². The quantitative estimate of drug-likeness (QED) is 0.701. The van der Waals surface area contributed by atoms with E-state index in [-0.39, 0.29) is 11.6 Å². The molecule has 6 nitrogen and oxygen atoms in total. The van der Waals surface area contributed by atoms with Gasteiger partial charge in [0.1, 0.15) is 5.69 Å². The van der Waals surface area contributed by atoms with Crippen LogP contribution >= 0.6 is 0 Å². The second-order valence-corrected chi connectivity index (χ2v) is 9.89. The summed E-state index contributed by atoms with van der Waals surface area (Å²) in [5.74, 6) is 0.198. The minimum Gasteiger partial charge on any atom is -0.453 e. The average Bonchev–Trinajstić information content (AvgIpc) is 2.86. The summed E-state index contributed by atoms with van der Waals surface area (Å²) >= 11 is 0. The van der Waals surface area contributed by atoms with Gasteiger partial charge in [-0.25, -0.2) is 4.99 Å². The highest BCUT2D eigenvalue weighted by molar-refractivity contribution is 6.33. The normalized spacial score (nSPS) is 23.4. The maximum Gasteiger partial charge on any atom is 0.192 e. The van der Waals surface area contributed by atoms with Crippen molar-refractivity contribution in [2.24, 2.45) is 10.9 Å². The molecule has 1 N–H and O–H groups in total. The van der Waals surface area contributed by atoms with Crippen molar-refractivity contribution in [3.05, 3.63) is 82.3 Å². The minimum absolute atomic E-state index is 0.109. The Morgan fingerprint density at radius 3 is 2.77 bits per heavy atom. The van der Waals surface area contributed by atoms with Gasteiger partial charge in [0.15, 0.2) is 23.1 Å². The number of allylic oxidation sites excluding steroid dienone is 3. The van der Waals surface area contributed by atoms with Gasteiger partial charge in [-0.2, -0.15) is 0 Å². The molecule has 2 aliphatic carbocycles. The zero-order valence-corrected chi connectivity index (χ0v) is 20.1. The van der Waals surface area contributed by atoms with Crippen LogP contribution in [0, 0.1) is 12.8 Å². The first-order valence-corrected chi connectivity index (χ1v) is 12.5. The number of piperidine rings is 1. The van der Waals surface area contributed by atoms with Crippen LogP contribution in [0.4, 0.5) is 5.69 Å². The van der Waals surface area contributed by atoms with E-state index in [0.717, 1.165) is 18.7 Å². The highest BCUT2D eigenvalue weighted by atomic mass is 16.5. The Kier molecular flexibility index (Phi) is 5.41. The summed E-state index contributed by atoms with van der Waals surface area (Å²) in [7, 11) is 0. The number of hydrogen-bond donors (Lipinski definition) is 1. The molecule has 2 heterocycles. The molecule has 0 spiro atoms. The van der Waals surface area contributed by atoms with Crippen molar-refractivity contribution in [2.45, 2.75) is 39.2 Å². The Hall–Kier alpha value is -3.51. The molecule has 0 radical (unpaired) electrons. The summed E-state index contributed by atoms with van der Waals surface area (Å²) in [4.78, 5) is 34.8. The first kappa shape index (κ1) is 22.0. The number of hydrogen-bond acceptors (Lipinski definition) is 6. The fraction of sp³-hybridized carbons (Fsp3) is 0.345. The molecule has 4 aliphatic rings. The van der Waals surface area contributed by atoms with E-state index < -0.39 is 5.92 Å². The average molecular weight is 468 g/mol. The third kappa shape index (κ3) is 3.73. The SMILES string of the molecule is Cc1ccc2c(c1)OC1=CC(NCCN3CCCC[C@H]3C)=C3C(=O)c4ccccc4C(=O)C3C1=N2. The number of carbonyl (C=O) groups is 2. The second kappa shape index (κ2) is 8.61. The van der Waals surface area contributed by atoms with E-state index in [4.69, 9.17) is 9.73 Å². The smallest absolute Gasteiger partial charge is 0.192 e. The molecule has 2 aliphatic heterocycles. The van der Waals surface area contributed by atoms with Crippen molar-refractivity contribution in [2.75, 3.05) is 19.6 Å². The molecule has 0 saturated carbocycles. The van der Waals surface area contributed by atoms with Crippen LogP contribution in [0.1, 0.15) is 52.5 Å². The maximum atomic E-state index is 13.7. The third-order valence-electron chi connectivity index (χ3n) is 7.56. The first-order valence-electron chi connectivity index (χ1n) is 12.5. The lowest BCUT2D eigenvalue weighted by Gasteiger charge is -2.35. The van der Waals surface area contributed by atoms with Crippen LogP contribution in [-0.2, 0) is 0 Å². The van der Waals surface area contributed by atoms with Gasteiger partial charge in [-0.1, -0.05) is 36.8 Å². The number of aliphatic imine (C=N–C) groups is 1. The predicted molar refractivity (Wildman–Crippen MR) is 135 cm³/mol. The van der Waals surface area contributed by atoms with Crippen molar-refractivity contribution in [1.29, 1.82) is 0 Å². The molecular formula is C29H29N3O3. The van der Waals surface area contributed by atoms with Crippen LogP contribution in [0.15, 0.2) is 70.6 Å². The molecule has 0 bridgehead atoms. The Labute approximate surface area is 205 Å². The van der Waals surface area contributed by atoms with Crippen LogP contribution in [0.25, 0.3) is 0 Å². The number of carbonyl (C=O) groups excluding carboxylic acids is 2. The molecule has 1 unspecified atom stereocenters. The van der Waals surface area contributed by atoms with E-state index in [2.05, 4.69) is 17.1 Å². The first-order chi connectivity index (χ1) is 17.0. The molecule has 6 heteroatoms. The molecule has 178 valence electrons. The van der Waals surface area contributed by atoms with Gasteiger partial charge < -0.3 is 10.1 Å². The molecular weight excluding hydrogens is 438 g/mol. The van der Waals surface area contributed by atoms with E-state index >= 15 is 0 Å². The van der Waals surface area contributed by atoms with Gasteiger partial charge in [0, 0.05) is 47.6 Å².